The third kappa shape index (κ3) is 3.47. The summed E-state index contributed by atoms with van der Waals surface area (Å²) < 4.78 is 0. The van der Waals surface area contributed by atoms with Crippen molar-refractivity contribution in [2.24, 2.45) is 5.92 Å². The number of para-hydroxylation sites is 1. The van der Waals surface area contributed by atoms with E-state index in [9.17, 15) is 0 Å². The molecule has 2 heteroatoms. The highest BCUT2D eigenvalue weighted by atomic mass is 15.1. The predicted molar refractivity (Wildman–Crippen MR) is 74.7 cm³/mol. The summed E-state index contributed by atoms with van der Waals surface area (Å²) in [5.74, 6) is 0.917. The third-order valence-electron chi connectivity index (χ3n) is 3.79. The van der Waals surface area contributed by atoms with E-state index >= 15 is 0 Å². The van der Waals surface area contributed by atoms with Gasteiger partial charge in [0, 0.05) is 19.3 Å². The van der Waals surface area contributed by atoms with E-state index in [1.807, 2.05) is 0 Å². The van der Waals surface area contributed by atoms with Crippen LogP contribution in [0.25, 0.3) is 0 Å². The second-order valence-electron chi connectivity index (χ2n) is 5.21. The molecule has 1 aliphatic heterocycles. The molecule has 1 N–H and O–H groups in total. The molecule has 0 spiro atoms. The van der Waals surface area contributed by atoms with E-state index < -0.39 is 0 Å². The zero-order valence-corrected chi connectivity index (χ0v) is 11.1. The smallest absolute Gasteiger partial charge is 0.0393 e. The summed E-state index contributed by atoms with van der Waals surface area (Å²) >= 11 is 0. The van der Waals surface area contributed by atoms with Gasteiger partial charge in [0.1, 0.15) is 0 Å². The van der Waals surface area contributed by atoms with Crippen LogP contribution in [0.5, 0.6) is 0 Å². The Labute approximate surface area is 105 Å². The Morgan fingerprint density at radius 1 is 1.35 bits per heavy atom. The Kier molecular flexibility index (Phi) is 4.43. The number of aryl methyl sites for hydroxylation is 1. The van der Waals surface area contributed by atoms with Crippen molar-refractivity contribution < 1.29 is 0 Å². The van der Waals surface area contributed by atoms with Gasteiger partial charge in [-0.2, -0.15) is 0 Å². The molecule has 0 aliphatic carbocycles. The SMILES string of the molecule is Cc1ccccc1N(C)CCCC1CCNC1. The molecule has 2 rings (SSSR count). The van der Waals surface area contributed by atoms with Gasteiger partial charge in [-0.1, -0.05) is 18.2 Å². The lowest BCUT2D eigenvalue weighted by Gasteiger charge is -2.22. The molecular weight excluding hydrogens is 208 g/mol. The number of nitrogens with zero attached hydrogens (tertiary/aromatic N) is 1. The molecule has 0 saturated carbocycles. The molecule has 2 nitrogen and oxygen atoms in total. The van der Waals surface area contributed by atoms with Crippen LogP contribution in [-0.4, -0.2) is 26.7 Å². The highest BCUT2D eigenvalue weighted by molar-refractivity contribution is 5.52. The van der Waals surface area contributed by atoms with E-state index in [2.05, 4.69) is 48.5 Å². The zero-order valence-electron chi connectivity index (χ0n) is 11.1. The van der Waals surface area contributed by atoms with Crippen molar-refractivity contribution in [3.05, 3.63) is 29.8 Å². The Balaban J connectivity index is 1.77. The Morgan fingerprint density at radius 3 is 2.88 bits per heavy atom. The topological polar surface area (TPSA) is 15.3 Å². The van der Waals surface area contributed by atoms with Crippen molar-refractivity contribution >= 4 is 5.69 Å². The summed E-state index contributed by atoms with van der Waals surface area (Å²) in [4.78, 5) is 2.39. The van der Waals surface area contributed by atoms with Crippen molar-refractivity contribution in [1.29, 1.82) is 0 Å². The van der Waals surface area contributed by atoms with E-state index in [0.717, 1.165) is 5.92 Å². The molecular formula is C15H24N2. The van der Waals surface area contributed by atoms with Gasteiger partial charge >= 0.3 is 0 Å². The lowest BCUT2D eigenvalue weighted by Crippen LogP contribution is -2.20. The summed E-state index contributed by atoms with van der Waals surface area (Å²) in [5.41, 5.74) is 2.74. The molecule has 1 saturated heterocycles. The second kappa shape index (κ2) is 6.06. The van der Waals surface area contributed by atoms with E-state index in [-0.39, 0.29) is 0 Å². The van der Waals surface area contributed by atoms with Gasteiger partial charge in [0.05, 0.1) is 0 Å². The van der Waals surface area contributed by atoms with Gasteiger partial charge < -0.3 is 10.2 Å². The first-order valence-electron chi connectivity index (χ1n) is 6.75. The number of benzene rings is 1. The molecule has 0 bridgehead atoms. The molecule has 1 fully saturated rings. The zero-order chi connectivity index (χ0) is 12.1. The third-order valence-corrected chi connectivity index (χ3v) is 3.79. The van der Waals surface area contributed by atoms with Gasteiger partial charge in [-0.25, -0.2) is 0 Å². The maximum absolute atomic E-state index is 3.44. The maximum Gasteiger partial charge on any atom is 0.0393 e. The van der Waals surface area contributed by atoms with Crippen LogP contribution in [0.4, 0.5) is 5.69 Å². The first-order chi connectivity index (χ1) is 8.27. The highest BCUT2D eigenvalue weighted by Crippen LogP contribution is 2.19. The minimum absolute atomic E-state index is 0.917. The molecule has 1 aromatic rings. The van der Waals surface area contributed by atoms with Gasteiger partial charge in [0.25, 0.3) is 0 Å². The van der Waals surface area contributed by atoms with Gasteiger partial charge in [0.2, 0.25) is 0 Å². The van der Waals surface area contributed by atoms with Crippen molar-refractivity contribution in [1.82, 2.24) is 5.32 Å². The van der Waals surface area contributed by atoms with Crippen LogP contribution in [0.3, 0.4) is 0 Å². The fraction of sp³-hybridized carbons (Fsp3) is 0.600. The number of hydrogen-bond acceptors (Lipinski definition) is 2. The Morgan fingerprint density at radius 2 is 2.18 bits per heavy atom. The maximum atomic E-state index is 3.44. The number of nitrogens with one attached hydrogen (secondary N) is 1. The van der Waals surface area contributed by atoms with Crippen molar-refractivity contribution in [2.45, 2.75) is 26.2 Å². The van der Waals surface area contributed by atoms with Crippen molar-refractivity contribution in [3.63, 3.8) is 0 Å². The van der Waals surface area contributed by atoms with Gasteiger partial charge in [-0.05, 0) is 56.8 Å². The molecule has 0 aromatic heterocycles. The second-order valence-corrected chi connectivity index (χ2v) is 5.21. The largest absolute Gasteiger partial charge is 0.374 e. The van der Waals surface area contributed by atoms with E-state index in [1.54, 1.807) is 0 Å². The van der Waals surface area contributed by atoms with Gasteiger partial charge in [-0.3, -0.25) is 0 Å². The summed E-state index contributed by atoms with van der Waals surface area (Å²) in [6, 6.07) is 8.63. The predicted octanol–water partition coefficient (Wildman–Crippen LogP) is 2.82. The van der Waals surface area contributed by atoms with Crippen LogP contribution in [-0.2, 0) is 0 Å². The van der Waals surface area contributed by atoms with Crippen LogP contribution in [0.1, 0.15) is 24.8 Å². The lowest BCUT2D eigenvalue weighted by atomic mass is 10.0. The van der Waals surface area contributed by atoms with Crippen molar-refractivity contribution in [2.75, 3.05) is 31.6 Å². The number of hydrogen-bond donors (Lipinski definition) is 1. The van der Waals surface area contributed by atoms with Crippen LogP contribution in [0.15, 0.2) is 24.3 Å². The first-order valence-corrected chi connectivity index (χ1v) is 6.75. The molecule has 1 aromatic carbocycles. The summed E-state index contributed by atoms with van der Waals surface area (Å²) in [6.07, 6.45) is 4.04. The Hall–Kier alpha value is -1.02. The normalized spacial score (nSPS) is 19.5. The minimum Gasteiger partial charge on any atom is -0.374 e. The average molecular weight is 232 g/mol. The van der Waals surface area contributed by atoms with Gasteiger partial charge in [-0.15, -0.1) is 0 Å². The number of rotatable bonds is 5. The summed E-state index contributed by atoms with van der Waals surface area (Å²) in [6.45, 7) is 5.81. The van der Waals surface area contributed by atoms with Crippen molar-refractivity contribution in [3.8, 4) is 0 Å². The van der Waals surface area contributed by atoms with E-state index in [0.29, 0.717) is 0 Å². The highest BCUT2D eigenvalue weighted by Gasteiger charge is 2.14. The molecule has 1 unspecified atom stereocenters. The van der Waals surface area contributed by atoms with Crippen LogP contribution < -0.4 is 10.2 Å². The lowest BCUT2D eigenvalue weighted by molar-refractivity contribution is 0.510. The number of anilines is 1. The molecule has 17 heavy (non-hydrogen) atoms. The van der Waals surface area contributed by atoms with Crippen LogP contribution >= 0.6 is 0 Å². The molecule has 1 heterocycles. The standard InChI is InChI=1S/C15H24N2/c1-13-6-3-4-8-15(13)17(2)11-5-7-14-9-10-16-12-14/h3-4,6,8,14,16H,5,7,9-12H2,1-2H3. The van der Waals surface area contributed by atoms with Crippen LogP contribution in [0, 0.1) is 12.8 Å². The van der Waals surface area contributed by atoms with E-state index in [4.69, 9.17) is 0 Å². The Bertz CT molecular complexity index is 343. The molecule has 1 atom stereocenters. The molecule has 0 radical (unpaired) electrons. The first kappa shape index (κ1) is 12.4. The molecule has 1 aliphatic rings. The van der Waals surface area contributed by atoms with Gasteiger partial charge in [0.15, 0.2) is 0 Å². The summed E-state index contributed by atoms with van der Waals surface area (Å²) in [7, 11) is 2.20. The van der Waals surface area contributed by atoms with E-state index in [1.165, 1.54) is 50.1 Å². The minimum atomic E-state index is 0.917. The average Bonchev–Trinajstić information content (AvgIpc) is 2.82. The summed E-state index contributed by atoms with van der Waals surface area (Å²) in [5, 5.41) is 3.44. The quantitative estimate of drug-likeness (QED) is 0.840. The van der Waals surface area contributed by atoms with Crippen LogP contribution in [0.2, 0.25) is 0 Å². The molecule has 0 amide bonds. The fourth-order valence-electron chi connectivity index (χ4n) is 2.69. The fourth-order valence-corrected chi connectivity index (χ4v) is 2.69. The monoisotopic (exact) mass is 232 g/mol. The molecule has 94 valence electrons.